The highest BCUT2D eigenvalue weighted by Crippen LogP contribution is 2.13. The molecule has 0 aliphatic carbocycles. The second kappa shape index (κ2) is 15.2. The van der Waals surface area contributed by atoms with E-state index in [9.17, 15) is 9.59 Å². The Balaban J connectivity index is 1.56. The maximum absolute atomic E-state index is 12.7. The van der Waals surface area contributed by atoms with Crippen molar-refractivity contribution in [2.75, 3.05) is 31.5 Å². The van der Waals surface area contributed by atoms with Crippen LogP contribution in [-0.4, -0.2) is 54.6 Å². The van der Waals surface area contributed by atoms with E-state index in [0.717, 1.165) is 55.4 Å². The highest BCUT2D eigenvalue weighted by molar-refractivity contribution is 6.04. The van der Waals surface area contributed by atoms with Crippen LogP contribution in [0.2, 0.25) is 0 Å². The van der Waals surface area contributed by atoms with Crippen molar-refractivity contribution in [1.29, 1.82) is 0 Å². The molecule has 0 saturated heterocycles. The van der Waals surface area contributed by atoms with Crippen LogP contribution >= 0.6 is 0 Å². The summed E-state index contributed by atoms with van der Waals surface area (Å²) in [4.78, 5) is 38.7. The molecule has 2 heterocycles. The normalized spacial score (nSPS) is 15.7. The van der Waals surface area contributed by atoms with Gasteiger partial charge in [0.25, 0.3) is 11.8 Å². The fraction of sp³-hybridized carbons (Fsp3) is 0.323. The molecule has 9 nitrogen and oxygen atoms in total. The van der Waals surface area contributed by atoms with Crippen LogP contribution in [0.25, 0.3) is 0 Å². The molecule has 210 valence electrons. The Kier molecular flexibility index (Phi) is 11.4. The van der Waals surface area contributed by atoms with Crippen molar-refractivity contribution in [3.05, 3.63) is 95.5 Å². The second-order valence-corrected chi connectivity index (χ2v) is 9.46. The van der Waals surface area contributed by atoms with E-state index in [-0.39, 0.29) is 17.5 Å². The van der Waals surface area contributed by atoms with Gasteiger partial charge in [-0.1, -0.05) is 26.5 Å². The number of amidine groups is 2. The highest BCUT2D eigenvalue weighted by atomic mass is 16.2. The lowest BCUT2D eigenvalue weighted by Crippen LogP contribution is -2.35. The van der Waals surface area contributed by atoms with Gasteiger partial charge in [-0.05, 0) is 74.7 Å². The lowest BCUT2D eigenvalue weighted by atomic mass is 10.1. The van der Waals surface area contributed by atoms with E-state index in [1.165, 1.54) is 12.3 Å². The minimum absolute atomic E-state index is 0.201. The van der Waals surface area contributed by atoms with Crippen molar-refractivity contribution in [2.45, 2.75) is 34.1 Å². The number of rotatable bonds is 11. The Morgan fingerprint density at radius 3 is 2.50 bits per heavy atom. The van der Waals surface area contributed by atoms with Crippen LogP contribution in [0.1, 0.15) is 60.5 Å². The van der Waals surface area contributed by atoms with E-state index in [0.29, 0.717) is 22.9 Å². The van der Waals surface area contributed by atoms with Gasteiger partial charge < -0.3 is 21.3 Å². The third kappa shape index (κ3) is 8.76. The lowest BCUT2D eigenvalue weighted by Gasteiger charge is -2.20. The van der Waals surface area contributed by atoms with Crippen molar-refractivity contribution >= 4 is 29.2 Å². The van der Waals surface area contributed by atoms with E-state index >= 15 is 0 Å². The maximum Gasteiger partial charge on any atom is 0.274 e. The minimum Gasteiger partial charge on any atom is -0.370 e. The number of hydrogen-bond acceptors (Lipinski definition) is 6. The molecule has 0 bridgehead atoms. The monoisotopic (exact) mass is 541 g/mol. The third-order valence-corrected chi connectivity index (χ3v) is 6.01. The predicted octanol–water partition coefficient (Wildman–Crippen LogP) is 4.48. The van der Waals surface area contributed by atoms with Crippen LogP contribution in [0, 0.1) is 5.92 Å². The summed E-state index contributed by atoms with van der Waals surface area (Å²) in [5.74, 6) is 1.46. The molecule has 2 amide bonds. The first kappa shape index (κ1) is 30.0. The van der Waals surface area contributed by atoms with E-state index in [4.69, 9.17) is 0 Å². The molecular weight excluding hydrogens is 502 g/mol. The summed E-state index contributed by atoms with van der Waals surface area (Å²) >= 11 is 0. The Labute approximate surface area is 236 Å². The quantitative estimate of drug-likeness (QED) is 0.190. The van der Waals surface area contributed by atoms with Gasteiger partial charge in [-0.15, -0.1) is 0 Å². The molecule has 1 aromatic heterocycles. The summed E-state index contributed by atoms with van der Waals surface area (Å²) in [7, 11) is 0. The highest BCUT2D eigenvalue weighted by Gasteiger charge is 2.14. The van der Waals surface area contributed by atoms with Gasteiger partial charge >= 0.3 is 0 Å². The van der Waals surface area contributed by atoms with Crippen molar-refractivity contribution in [3.8, 4) is 0 Å². The number of aromatic nitrogens is 1. The second-order valence-electron chi connectivity index (χ2n) is 9.46. The predicted molar refractivity (Wildman–Crippen MR) is 163 cm³/mol. The smallest absolute Gasteiger partial charge is 0.274 e. The standard InChI is InChI=1S/C31H39N7O2/c1-6-17-33-28(32-8-3)23(7-2)10-9-22(5)37-30(39)25-13-16-27(34-20-25)31(40)38-26-14-11-24(12-15-26)29-35-18-21(4)19-36-29/h7,9-16,20-21H,5-6,8,17-19H2,1-4H3,(H,32,33)(H,35,36)(H,37,39)(H,38,40)/b10-9-,23-7+. The molecule has 1 unspecified atom stereocenters. The molecule has 1 aliphatic rings. The van der Waals surface area contributed by atoms with Gasteiger partial charge in [-0.3, -0.25) is 24.6 Å². The average Bonchev–Trinajstić information content (AvgIpc) is 2.97. The number of likely N-dealkylation sites (N-methyl/N-ethyl adjacent to an activating group) is 1. The number of pyridine rings is 1. The van der Waals surface area contributed by atoms with Crippen LogP contribution in [-0.2, 0) is 0 Å². The molecule has 9 heteroatoms. The van der Waals surface area contributed by atoms with Crippen LogP contribution in [0.4, 0.5) is 5.69 Å². The summed E-state index contributed by atoms with van der Waals surface area (Å²) < 4.78 is 0. The Morgan fingerprint density at radius 1 is 1.12 bits per heavy atom. The topological polar surface area (TPSA) is 120 Å². The molecule has 0 fully saturated rings. The van der Waals surface area contributed by atoms with Gasteiger partial charge in [0.2, 0.25) is 0 Å². The molecule has 40 heavy (non-hydrogen) atoms. The summed E-state index contributed by atoms with van der Waals surface area (Å²) in [6, 6.07) is 10.6. The maximum atomic E-state index is 12.7. The van der Waals surface area contributed by atoms with E-state index in [1.807, 2.05) is 50.3 Å². The molecule has 3 rings (SSSR count). The Hall–Kier alpha value is -4.53. The summed E-state index contributed by atoms with van der Waals surface area (Å²) in [5, 5.41) is 12.2. The fourth-order valence-corrected chi connectivity index (χ4v) is 3.80. The van der Waals surface area contributed by atoms with Crippen LogP contribution in [0.3, 0.4) is 0 Å². The molecular formula is C31H39N7O2. The van der Waals surface area contributed by atoms with Gasteiger partial charge in [0.1, 0.15) is 17.4 Å². The summed E-state index contributed by atoms with van der Waals surface area (Å²) in [5.41, 5.74) is 3.46. The minimum atomic E-state index is -0.369. The van der Waals surface area contributed by atoms with Crippen molar-refractivity contribution in [1.82, 2.24) is 20.9 Å². The number of anilines is 1. The lowest BCUT2D eigenvalue weighted by molar-refractivity contribution is 0.0964. The molecule has 0 radical (unpaired) electrons. The number of nitrogens with one attached hydrogen (secondary N) is 4. The number of benzene rings is 1. The number of carbonyl (C=O) groups is 2. The van der Waals surface area contributed by atoms with Crippen molar-refractivity contribution in [2.24, 2.45) is 15.9 Å². The van der Waals surface area contributed by atoms with Crippen LogP contribution in [0.5, 0.6) is 0 Å². The molecule has 0 saturated carbocycles. The van der Waals surface area contributed by atoms with Gasteiger partial charge in [0, 0.05) is 54.9 Å². The number of amides is 2. The average molecular weight is 542 g/mol. The van der Waals surface area contributed by atoms with Crippen LogP contribution < -0.4 is 21.3 Å². The molecule has 2 aromatic rings. The SMILES string of the molecule is C=C(/C=C\C(=C/C)C(=NCCC)NCC)NC(=O)c1ccc(C(=O)Nc2ccc(C3=NCC(C)CN3)cc2)nc1. The van der Waals surface area contributed by atoms with Crippen LogP contribution in [0.15, 0.2) is 88.7 Å². The van der Waals surface area contributed by atoms with E-state index in [1.54, 1.807) is 12.1 Å². The Bertz CT molecular complexity index is 1310. The van der Waals surface area contributed by atoms with Gasteiger partial charge in [0.15, 0.2) is 0 Å². The van der Waals surface area contributed by atoms with Gasteiger partial charge in [-0.2, -0.15) is 0 Å². The first-order valence-electron chi connectivity index (χ1n) is 13.6. The number of nitrogens with zero attached hydrogens (tertiary/aromatic N) is 3. The number of allylic oxidation sites excluding steroid dienone is 2. The molecule has 1 atom stereocenters. The molecule has 4 N–H and O–H groups in total. The van der Waals surface area contributed by atoms with E-state index in [2.05, 4.69) is 56.7 Å². The summed E-state index contributed by atoms with van der Waals surface area (Å²) in [6.45, 7) is 15.3. The first-order valence-corrected chi connectivity index (χ1v) is 13.6. The summed E-state index contributed by atoms with van der Waals surface area (Å²) in [6.07, 6.45) is 7.86. The Morgan fingerprint density at radius 2 is 1.90 bits per heavy atom. The zero-order valence-corrected chi connectivity index (χ0v) is 23.8. The number of carbonyl (C=O) groups excluding carboxylic acids is 2. The first-order chi connectivity index (χ1) is 19.3. The van der Waals surface area contributed by atoms with Crippen molar-refractivity contribution in [3.63, 3.8) is 0 Å². The van der Waals surface area contributed by atoms with Gasteiger partial charge in [-0.25, -0.2) is 0 Å². The van der Waals surface area contributed by atoms with Crippen molar-refractivity contribution < 1.29 is 9.59 Å². The zero-order valence-electron chi connectivity index (χ0n) is 23.8. The molecule has 1 aliphatic heterocycles. The molecule has 0 spiro atoms. The largest absolute Gasteiger partial charge is 0.370 e. The third-order valence-electron chi connectivity index (χ3n) is 6.01. The van der Waals surface area contributed by atoms with Gasteiger partial charge in [0.05, 0.1) is 5.56 Å². The van der Waals surface area contributed by atoms with E-state index < -0.39 is 0 Å². The fourth-order valence-electron chi connectivity index (χ4n) is 3.80. The number of aliphatic imine (C=N–C) groups is 2. The number of hydrogen-bond donors (Lipinski definition) is 4. The zero-order chi connectivity index (χ0) is 28.9. The molecule has 1 aromatic carbocycles.